The van der Waals surface area contributed by atoms with Gasteiger partial charge in [0.25, 0.3) is 0 Å². The minimum absolute atomic E-state index is 0.0721. The van der Waals surface area contributed by atoms with Gasteiger partial charge in [0.1, 0.15) is 0 Å². The lowest BCUT2D eigenvalue weighted by molar-refractivity contribution is 0.591. The molecule has 2 aromatic rings. The van der Waals surface area contributed by atoms with Gasteiger partial charge < -0.3 is 4.98 Å². The van der Waals surface area contributed by atoms with Gasteiger partial charge in [-0.2, -0.15) is 0 Å². The van der Waals surface area contributed by atoms with E-state index in [1.54, 1.807) is 6.07 Å². The molecule has 2 rings (SSSR count). The van der Waals surface area contributed by atoms with Crippen LogP contribution in [-0.4, -0.2) is 4.98 Å². The summed E-state index contributed by atoms with van der Waals surface area (Å²) in [6.07, 6.45) is 1.97. The highest BCUT2D eigenvalue weighted by molar-refractivity contribution is 5.79. The summed E-state index contributed by atoms with van der Waals surface area (Å²) in [4.78, 5) is 15.5. The van der Waals surface area contributed by atoms with E-state index >= 15 is 0 Å². The molecule has 1 aromatic heterocycles. The number of pyridine rings is 1. The number of aromatic amines is 1. The van der Waals surface area contributed by atoms with Gasteiger partial charge in [0, 0.05) is 22.7 Å². The van der Waals surface area contributed by atoms with Crippen molar-refractivity contribution in [1.29, 1.82) is 0 Å². The fourth-order valence-electron chi connectivity index (χ4n) is 2.17. The third-order valence-corrected chi connectivity index (χ3v) is 3.27. The molecule has 0 amide bonds. The third-order valence-electron chi connectivity index (χ3n) is 3.27. The van der Waals surface area contributed by atoms with Gasteiger partial charge >= 0.3 is 0 Å². The van der Waals surface area contributed by atoms with Crippen LogP contribution in [0.15, 0.2) is 29.1 Å². The summed E-state index contributed by atoms with van der Waals surface area (Å²) in [7, 11) is 0. The van der Waals surface area contributed by atoms with Crippen molar-refractivity contribution in [1.82, 2.24) is 4.98 Å². The molecule has 2 nitrogen and oxygen atoms in total. The van der Waals surface area contributed by atoms with Crippen molar-refractivity contribution in [2.45, 2.75) is 46.0 Å². The molecule has 0 atom stereocenters. The number of fused-ring (bicyclic) bond motifs is 1. The number of hydrogen-bond donors (Lipinski definition) is 1. The van der Waals surface area contributed by atoms with Crippen LogP contribution in [0.5, 0.6) is 0 Å². The summed E-state index contributed by atoms with van der Waals surface area (Å²) in [5.74, 6) is 0. The maximum absolute atomic E-state index is 12.1. The summed E-state index contributed by atoms with van der Waals surface area (Å²) in [6.45, 7) is 8.60. The Morgan fingerprint density at radius 2 is 1.89 bits per heavy atom. The van der Waals surface area contributed by atoms with Crippen molar-refractivity contribution in [2.75, 3.05) is 0 Å². The Morgan fingerprint density at radius 3 is 2.50 bits per heavy atom. The van der Waals surface area contributed by atoms with E-state index in [1.165, 1.54) is 5.56 Å². The van der Waals surface area contributed by atoms with Gasteiger partial charge in [0.05, 0.1) is 0 Å². The van der Waals surface area contributed by atoms with Crippen molar-refractivity contribution >= 4 is 10.9 Å². The van der Waals surface area contributed by atoms with E-state index in [4.69, 9.17) is 0 Å². The molecule has 0 aliphatic heterocycles. The summed E-state index contributed by atoms with van der Waals surface area (Å²) in [5, 5.41) is 0.794. The zero-order valence-corrected chi connectivity index (χ0v) is 11.6. The normalized spacial score (nSPS) is 12.0. The predicted molar refractivity (Wildman–Crippen MR) is 77.3 cm³/mol. The van der Waals surface area contributed by atoms with Gasteiger partial charge in [0.15, 0.2) is 5.43 Å². The van der Waals surface area contributed by atoms with E-state index in [1.807, 2.05) is 12.1 Å². The molecule has 0 fully saturated rings. The van der Waals surface area contributed by atoms with Crippen molar-refractivity contribution in [3.05, 3.63) is 45.7 Å². The highest BCUT2D eigenvalue weighted by atomic mass is 16.1. The molecule has 0 radical (unpaired) electrons. The van der Waals surface area contributed by atoms with E-state index in [2.05, 4.69) is 38.7 Å². The van der Waals surface area contributed by atoms with Crippen LogP contribution in [0.3, 0.4) is 0 Å². The first kappa shape index (κ1) is 12.9. The fraction of sp³-hybridized carbons (Fsp3) is 0.438. The number of rotatable bonds is 2. The highest BCUT2D eigenvalue weighted by Gasteiger charge is 2.14. The van der Waals surface area contributed by atoms with Crippen LogP contribution in [0, 0.1) is 0 Å². The van der Waals surface area contributed by atoms with E-state index in [9.17, 15) is 4.79 Å². The van der Waals surface area contributed by atoms with Crippen molar-refractivity contribution in [2.24, 2.45) is 0 Å². The maximum atomic E-state index is 12.1. The predicted octanol–water partition coefficient (Wildman–Crippen LogP) is 3.78. The van der Waals surface area contributed by atoms with Crippen LogP contribution < -0.4 is 5.43 Å². The maximum Gasteiger partial charge on any atom is 0.189 e. The Kier molecular flexibility index (Phi) is 3.29. The van der Waals surface area contributed by atoms with Crippen LogP contribution in [0.2, 0.25) is 0 Å². The van der Waals surface area contributed by atoms with Crippen molar-refractivity contribution in [3.8, 4) is 0 Å². The Labute approximate surface area is 108 Å². The van der Waals surface area contributed by atoms with Gasteiger partial charge in [0.2, 0.25) is 0 Å². The minimum atomic E-state index is 0.0721. The molecule has 0 unspecified atom stereocenters. The number of H-pyrrole nitrogens is 1. The summed E-state index contributed by atoms with van der Waals surface area (Å²) < 4.78 is 0. The molecule has 1 aromatic carbocycles. The number of hydrogen-bond acceptors (Lipinski definition) is 1. The van der Waals surface area contributed by atoms with E-state index in [-0.39, 0.29) is 10.8 Å². The second-order valence-corrected chi connectivity index (χ2v) is 5.92. The molecule has 18 heavy (non-hydrogen) atoms. The molecule has 1 N–H and O–H groups in total. The standard InChI is InChI=1S/C16H21NO/c1-5-6-12-10-15(18)13-9-11(16(2,3)4)7-8-14(13)17-12/h7-10H,5-6H2,1-4H3,(H,17,18). The third kappa shape index (κ3) is 2.47. The molecule has 0 aliphatic carbocycles. The lowest BCUT2D eigenvalue weighted by atomic mass is 9.86. The Hall–Kier alpha value is -1.57. The first-order valence-electron chi connectivity index (χ1n) is 6.58. The number of aromatic nitrogens is 1. The van der Waals surface area contributed by atoms with Crippen LogP contribution in [-0.2, 0) is 11.8 Å². The average molecular weight is 243 g/mol. The monoisotopic (exact) mass is 243 g/mol. The van der Waals surface area contributed by atoms with Crippen LogP contribution in [0.1, 0.15) is 45.4 Å². The second kappa shape index (κ2) is 4.60. The lowest BCUT2D eigenvalue weighted by Crippen LogP contribution is -2.13. The highest BCUT2D eigenvalue weighted by Crippen LogP contribution is 2.24. The quantitative estimate of drug-likeness (QED) is 0.855. The lowest BCUT2D eigenvalue weighted by Gasteiger charge is -2.19. The van der Waals surface area contributed by atoms with E-state index in [0.717, 1.165) is 29.4 Å². The minimum Gasteiger partial charge on any atom is -0.358 e. The molecule has 0 saturated heterocycles. The zero-order valence-electron chi connectivity index (χ0n) is 11.6. The molecular weight excluding hydrogens is 222 g/mol. The molecule has 1 heterocycles. The molecule has 96 valence electrons. The topological polar surface area (TPSA) is 32.9 Å². The smallest absolute Gasteiger partial charge is 0.189 e. The Morgan fingerprint density at radius 1 is 1.17 bits per heavy atom. The molecule has 2 heteroatoms. The molecule has 0 spiro atoms. The summed E-state index contributed by atoms with van der Waals surface area (Å²) in [6, 6.07) is 7.88. The fourth-order valence-corrected chi connectivity index (χ4v) is 2.17. The second-order valence-electron chi connectivity index (χ2n) is 5.92. The van der Waals surface area contributed by atoms with Gasteiger partial charge in [-0.25, -0.2) is 0 Å². The molecule has 0 saturated carbocycles. The Bertz CT molecular complexity index is 617. The zero-order chi connectivity index (χ0) is 13.3. The Balaban J connectivity index is 2.62. The van der Waals surface area contributed by atoms with Crippen molar-refractivity contribution in [3.63, 3.8) is 0 Å². The van der Waals surface area contributed by atoms with Crippen LogP contribution in [0.4, 0.5) is 0 Å². The largest absolute Gasteiger partial charge is 0.358 e. The molecule has 0 bridgehead atoms. The first-order chi connectivity index (χ1) is 8.41. The van der Waals surface area contributed by atoms with Gasteiger partial charge in [-0.1, -0.05) is 40.2 Å². The first-order valence-corrected chi connectivity index (χ1v) is 6.58. The van der Waals surface area contributed by atoms with E-state index in [0.29, 0.717) is 0 Å². The summed E-state index contributed by atoms with van der Waals surface area (Å²) >= 11 is 0. The van der Waals surface area contributed by atoms with Crippen molar-refractivity contribution < 1.29 is 0 Å². The van der Waals surface area contributed by atoms with E-state index < -0.39 is 0 Å². The average Bonchev–Trinajstić information content (AvgIpc) is 2.27. The number of nitrogens with one attached hydrogen (secondary N) is 1. The summed E-state index contributed by atoms with van der Waals surface area (Å²) in [5.41, 5.74) is 3.36. The van der Waals surface area contributed by atoms with Gasteiger partial charge in [-0.05, 0) is 29.5 Å². The molecule has 0 aliphatic rings. The van der Waals surface area contributed by atoms with Gasteiger partial charge in [-0.15, -0.1) is 0 Å². The number of aryl methyl sites for hydroxylation is 1. The van der Waals surface area contributed by atoms with Crippen LogP contribution >= 0.6 is 0 Å². The number of benzene rings is 1. The molecular formula is C16H21NO. The van der Waals surface area contributed by atoms with Crippen LogP contribution in [0.25, 0.3) is 10.9 Å². The SMILES string of the molecule is CCCc1cc(=O)c2cc(C(C)(C)C)ccc2[nH]1. The van der Waals surface area contributed by atoms with Gasteiger partial charge in [-0.3, -0.25) is 4.79 Å².